The van der Waals surface area contributed by atoms with Crippen LogP contribution < -0.4 is 11.2 Å². The average Bonchev–Trinajstić information content (AvgIpc) is 2.28. The molecule has 0 aromatic carbocycles. The quantitative estimate of drug-likeness (QED) is 0.808. The van der Waals surface area contributed by atoms with E-state index in [-0.39, 0.29) is 11.5 Å². The molecule has 0 bridgehead atoms. The largest absolute Gasteiger partial charge is 0.345 e. The van der Waals surface area contributed by atoms with Gasteiger partial charge in [0.2, 0.25) is 0 Å². The molecule has 0 N–H and O–H groups in total. The van der Waals surface area contributed by atoms with Crippen molar-refractivity contribution in [2.24, 2.45) is 5.92 Å². The molecule has 5 heteroatoms. The maximum absolute atomic E-state index is 11.9. The smallest absolute Gasteiger partial charge is 0.269 e. The first kappa shape index (κ1) is 13.0. The first-order valence-corrected chi connectivity index (χ1v) is 5.86. The van der Waals surface area contributed by atoms with Crippen molar-refractivity contribution >= 4 is 11.8 Å². The maximum atomic E-state index is 11.9. The highest BCUT2D eigenvalue weighted by molar-refractivity contribution is 6.15. The minimum atomic E-state index is -0.454. The van der Waals surface area contributed by atoms with E-state index < -0.39 is 5.69 Å². The third-order valence-corrected chi connectivity index (χ3v) is 3.02. The maximum Gasteiger partial charge on any atom is 0.345 e. The van der Waals surface area contributed by atoms with Gasteiger partial charge in [0.25, 0.3) is 5.56 Å². The van der Waals surface area contributed by atoms with Gasteiger partial charge in [0.15, 0.2) is 0 Å². The fourth-order valence-corrected chi connectivity index (χ4v) is 1.68. The van der Waals surface area contributed by atoms with E-state index in [0.29, 0.717) is 18.5 Å². The Labute approximate surface area is 99.6 Å². The summed E-state index contributed by atoms with van der Waals surface area (Å²) in [5.74, 6) is 0.286. The Morgan fingerprint density at radius 3 is 2.50 bits per heavy atom. The third kappa shape index (κ3) is 2.55. The van der Waals surface area contributed by atoms with Crippen molar-refractivity contribution in [3.63, 3.8) is 0 Å². The zero-order valence-electron chi connectivity index (χ0n) is 9.86. The molecule has 0 spiro atoms. The van der Waals surface area contributed by atoms with Crippen LogP contribution in [0.2, 0.25) is 0 Å². The van der Waals surface area contributed by atoms with Crippen molar-refractivity contribution in [1.29, 1.82) is 0 Å². The van der Waals surface area contributed by atoms with Crippen molar-refractivity contribution in [2.75, 3.05) is 0 Å². The lowest BCUT2D eigenvalue weighted by molar-refractivity contribution is 0.442. The Kier molecular flexibility index (Phi) is 4.35. The second-order valence-electron chi connectivity index (χ2n) is 4.03. The average molecular weight is 245 g/mol. The number of halogens is 1. The zero-order chi connectivity index (χ0) is 12.3. The minimum absolute atomic E-state index is 0.218. The number of rotatable bonds is 4. The van der Waals surface area contributed by atoms with Gasteiger partial charge in [-0.05, 0) is 12.3 Å². The van der Waals surface area contributed by atoms with Crippen molar-refractivity contribution < 1.29 is 0 Å². The summed E-state index contributed by atoms with van der Waals surface area (Å²) in [6.45, 7) is 6.32. The zero-order valence-corrected chi connectivity index (χ0v) is 10.6. The van der Waals surface area contributed by atoms with Crippen LogP contribution in [0.15, 0.2) is 15.8 Å². The highest BCUT2D eigenvalue weighted by Gasteiger charge is 2.11. The predicted molar refractivity (Wildman–Crippen MR) is 65.0 cm³/mol. The molecule has 0 aliphatic heterocycles. The van der Waals surface area contributed by atoms with Crippen LogP contribution >= 0.6 is 11.8 Å². The Balaban J connectivity index is 3.31. The molecule has 0 saturated heterocycles. The van der Waals surface area contributed by atoms with Crippen LogP contribution in [0.5, 0.6) is 0 Å². The summed E-state index contributed by atoms with van der Waals surface area (Å²) in [6, 6.07) is 0. The summed E-state index contributed by atoms with van der Waals surface area (Å²) >= 11 is 5.74. The first-order valence-electron chi connectivity index (χ1n) is 5.52. The minimum Gasteiger partial charge on any atom is -0.269 e. The fourth-order valence-electron chi connectivity index (χ4n) is 1.47. The fraction of sp³-hybridized carbons (Fsp3) is 0.636. The van der Waals surface area contributed by atoms with E-state index in [9.17, 15) is 9.59 Å². The van der Waals surface area contributed by atoms with E-state index in [0.717, 1.165) is 10.5 Å². The standard InChI is InChI=1S/C11H17ClN2O2/c1-4-8(3)6-13-10(15)9(5-2)7-14(12)11(13)16/h7-8H,4-6H2,1-3H3. The molecular formula is C11H17ClN2O2. The van der Waals surface area contributed by atoms with Gasteiger partial charge < -0.3 is 0 Å². The molecule has 0 amide bonds. The molecule has 1 aromatic rings. The van der Waals surface area contributed by atoms with E-state index in [1.807, 2.05) is 20.8 Å². The van der Waals surface area contributed by atoms with Gasteiger partial charge in [-0.2, -0.15) is 0 Å². The molecule has 0 aliphatic carbocycles. The number of aromatic nitrogens is 2. The molecule has 0 saturated carbocycles. The van der Waals surface area contributed by atoms with Crippen molar-refractivity contribution in [2.45, 2.75) is 40.2 Å². The van der Waals surface area contributed by atoms with Gasteiger partial charge >= 0.3 is 5.69 Å². The number of hydrogen-bond donors (Lipinski definition) is 0. The van der Waals surface area contributed by atoms with E-state index >= 15 is 0 Å². The molecule has 0 radical (unpaired) electrons. The lowest BCUT2D eigenvalue weighted by Gasteiger charge is -2.12. The molecule has 1 atom stereocenters. The number of nitrogens with zero attached hydrogens (tertiary/aromatic N) is 2. The highest BCUT2D eigenvalue weighted by Crippen LogP contribution is 2.02. The van der Waals surface area contributed by atoms with Gasteiger partial charge in [-0.3, -0.25) is 9.36 Å². The van der Waals surface area contributed by atoms with Crippen molar-refractivity contribution in [1.82, 2.24) is 8.65 Å². The summed E-state index contributed by atoms with van der Waals surface area (Å²) < 4.78 is 2.18. The molecular weight excluding hydrogens is 228 g/mol. The SMILES string of the molecule is CCc1cn(Cl)c(=O)n(CC(C)CC)c1=O. The van der Waals surface area contributed by atoms with E-state index in [4.69, 9.17) is 11.8 Å². The normalized spacial score (nSPS) is 12.8. The summed E-state index contributed by atoms with van der Waals surface area (Å²) in [5.41, 5.74) is -0.105. The second-order valence-corrected chi connectivity index (χ2v) is 4.40. The molecule has 1 unspecified atom stereocenters. The number of hydrogen-bond acceptors (Lipinski definition) is 2. The van der Waals surface area contributed by atoms with E-state index in [1.165, 1.54) is 10.8 Å². The Hall–Kier alpha value is -1.03. The van der Waals surface area contributed by atoms with Crippen LogP contribution in [0.4, 0.5) is 0 Å². The van der Waals surface area contributed by atoms with Gasteiger partial charge in [0, 0.05) is 30.1 Å². The highest BCUT2D eigenvalue weighted by atomic mass is 35.5. The summed E-state index contributed by atoms with van der Waals surface area (Å²) in [6.07, 6.45) is 2.90. The van der Waals surface area contributed by atoms with Gasteiger partial charge in [-0.1, -0.05) is 27.2 Å². The third-order valence-electron chi connectivity index (χ3n) is 2.77. The molecule has 16 heavy (non-hydrogen) atoms. The van der Waals surface area contributed by atoms with Crippen LogP contribution in [-0.2, 0) is 13.0 Å². The van der Waals surface area contributed by atoms with E-state index in [2.05, 4.69) is 0 Å². The molecule has 4 nitrogen and oxygen atoms in total. The van der Waals surface area contributed by atoms with Gasteiger partial charge in [-0.25, -0.2) is 8.88 Å². The van der Waals surface area contributed by atoms with E-state index in [1.54, 1.807) is 0 Å². The van der Waals surface area contributed by atoms with Crippen LogP contribution in [0.25, 0.3) is 0 Å². The molecule has 1 aromatic heterocycles. The Morgan fingerprint density at radius 2 is 2.00 bits per heavy atom. The Morgan fingerprint density at radius 1 is 1.38 bits per heavy atom. The van der Waals surface area contributed by atoms with Crippen molar-refractivity contribution in [3.05, 3.63) is 32.6 Å². The summed E-state index contributed by atoms with van der Waals surface area (Å²) in [4.78, 5) is 23.6. The monoisotopic (exact) mass is 244 g/mol. The van der Waals surface area contributed by atoms with Gasteiger partial charge in [0.1, 0.15) is 0 Å². The summed E-state index contributed by atoms with van der Waals surface area (Å²) in [7, 11) is 0. The molecule has 1 heterocycles. The van der Waals surface area contributed by atoms with Crippen molar-refractivity contribution in [3.8, 4) is 0 Å². The van der Waals surface area contributed by atoms with Crippen LogP contribution in [0.1, 0.15) is 32.8 Å². The first-order chi connectivity index (χ1) is 7.51. The molecule has 1 rings (SSSR count). The van der Waals surface area contributed by atoms with Gasteiger partial charge in [-0.15, -0.1) is 0 Å². The topological polar surface area (TPSA) is 44.0 Å². The molecule has 0 aliphatic rings. The van der Waals surface area contributed by atoms with Crippen LogP contribution in [-0.4, -0.2) is 8.65 Å². The van der Waals surface area contributed by atoms with Crippen LogP contribution in [0.3, 0.4) is 0 Å². The van der Waals surface area contributed by atoms with Crippen LogP contribution in [0, 0.1) is 5.92 Å². The van der Waals surface area contributed by atoms with Gasteiger partial charge in [0.05, 0.1) is 0 Å². The Bertz CT molecular complexity index is 476. The number of aryl methyl sites for hydroxylation is 1. The molecule has 90 valence electrons. The lowest BCUT2D eigenvalue weighted by atomic mass is 10.1. The lowest BCUT2D eigenvalue weighted by Crippen LogP contribution is -2.40. The summed E-state index contributed by atoms with van der Waals surface area (Å²) in [5, 5.41) is 0. The predicted octanol–water partition coefficient (Wildman–Crippen LogP) is 1.62. The second kappa shape index (κ2) is 5.34. The molecule has 0 fully saturated rings.